The van der Waals surface area contributed by atoms with Crippen LogP contribution >= 0.6 is 46.3 Å². The molecular formula is C18H17Cl2N3O2S2. The minimum Gasteiger partial charge on any atom is -0.418 e. The summed E-state index contributed by atoms with van der Waals surface area (Å²) < 4.78 is 5.70. The van der Waals surface area contributed by atoms with Crippen LogP contribution in [0.4, 0.5) is 0 Å². The first-order valence-electron chi connectivity index (χ1n) is 8.28. The molecule has 0 unspecified atom stereocenters. The molecule has 0 aliphatic carbocycles. The molecule has 1 aromatic carbocycles. The maximum absolute atomic E-state index is 12.7. The highest BCUT2D eigenvalue weighted by molar-refractivity contribution is 8.00. The Labute approximate surface area is 175 Å². The van der Waals surface area contributed by atoms with E-state index in [0.717, 1.165) is 16.2 Å². The second-order valence-electron chi connectivity index (χ2n) is 5.66. The monoisotopic (exact) mass is 441 g/mol. The maximum atomic E-state index is 12.7. The number of hydrogen-bond donors (Lipinski definition) is 0. The predicted octanol–water partition coefficient (Wildman–Crippen LogP) is 5.64. The van der Waals surface area contributed by atoms with E-state index in [-0.39, 0.29) is 18.2 Å². The SMILES string of the molecule is CCCN(Cc1nnc(-c2cccs2)o1)C(=O)CSc1cc(Cl)ccc1Cl. The van der Waals surface area contributed by atoms with Crippen molar-refractivity contribution in [3.8, 4) is 10.8 Å². The average Bonchev–Trinajstić information content (AvgIpc) is 3.33. The standard InChI is InChI=1S/C18H17Cl2N3O2S2/c1-2-7-23(10-16-21-22-18(25-16)14-4-3-8-26-14)17(24)11-27-15-9-12(19)5-6-13(15)20/h3-6,8-9H,2,7,10-11H2,1H3. The molecule has 3 aromatic rings. The van der Waals surface area contributed by atoms with Gasteiger partial charge < -0.3 is 9.32 Å². The minimum atomic E-state index is -0.0197. The fourth-order valence-corrected chi connectivity index (χ4v) is 4.40. The fraction of sp³-hybridized carbons (Fsp3) is 0.278. The van der Waals surface area contributed by atoms with Gasteiger partial charge in [-0.2, -0.15) is 0 Å². The van der Waals surface area contributed by atoms with Gasteiger partial charge in [-0.15, -0.1) is 33.3 Å². The molecule has 0 fully saturated rings. The Bertz CT molecular complexity index is 900. The van der Waals surface area contributed by atoms with Crippen LogP contribution in [0.15, 0.2) is 45.0 Å². The van der Waals surface area contributed by atoms with Gasteiger partial charge in [0.2, 0.25) is 11.8 Å². The van der Waals surface area contributed by atoms with Gasteiger partial charge in [0.05, 0.1) is 22.2 Å². The molecule has 0 radical (unpaired) electrons. The lowest BCUT2D eigenvalue weighted by Gasteiger charge is -2.20. The number of thiophene rings is 1. The molecule has 9 heteroatoms. The lowest BCUT2D eigenvalue weighted by molar-refractivity contribution is -0.129. The predicted molar refractivity (Wildman–Crippen MR) is 111 cm³/mol. The molecule has 0 saturated carbocycles. The summed E-state index contributed by atoms with van der Waals surface area (Å²) in [6.07, 6.45) is 0.834. The molecule has 27 heavy (non-hydrogen) atoms. The van der Waals surface area contributed by atoms with Crippen molar-refractivity contribution in [3.05, 3.63) is 51.6 Å². The number of hydrogen-bond acceptors (Lipinski definition) is 6. The number of thioether (sulfide) groups is 1. The molecule has 3 rings (SSSR count). The Balaban J connectivity index is 1.64. The van der Waals surface area contributed by atoms with E-state index in [4.69, 9.17) is 27.6 Å². The van der Waals surface area contributed by atoms with Crippen molar-refractivity contribution in [1.82, 2.24) is 15.1 Å². The number of benzene rings is 1. The molecule has 142 valence electrons. The van der Waals surface area contributed by atoms with E-state index in [9.17, 15) is 4.79 Å². The van der Waals surface area contributed by atoms with Crippen molar-refractivity contribution >= 4 is 52.2 Å². The Morgan fingerprint density at radius 3 is 2.89 bits per heavy atom. The first-order valence-corrected chi connectivity index (χ1v) is 10.9. The van der Waals surface area contributed by atoms with Crippen LogP contribution in [0, 0.1) is 0 Å². The van der Waals surface area contributed by atoms with Gasteiger partial charge in [0.25, 0.3) is 5.89 Å². The van der Waals surface area contributed by atoms with Gasteiger partial charge in [0.15, 0.2) is 0 Å². The van der Waals surface area contributed by atoms with Crippen molar-refractivity contribution in [2.24, 2.45) is 0 Å². The lowest BCUT2D eigenvalue weighted by atomic mass is 10.4. The summed E-state index contributed by atoms with van der Waals surface area (Å²) in [5.74, 6) is 1.13. The molecule has 2 aromatic heterocycles. The van der Waals surface area contributed by atoms with E-state index in [0.29, 0.717) is 28.4 Å². The van der Waals surface area contributed by atoms with Crippen molar-refractivity contribution < 1.29 is 9.21 Å². The molecule has 0 bridgehead atoms. The number of halogens is 2. The van der Waals surface area contributed by atoms with Gasteiger partial charge in [-0.25, -0.2) is 0 Å². The summed E-state index contributed by atoms with van der Waals surface area (Å²) in [6, 6.07) is 9.06. The van der Waals surface area contributed by atoms with Crippen molar-refractivity contribution in [2.45, 2.75) is 24.8 Å². The van der Waals surface area contributed by atoms with Crippen LogP contribution in [0.25, 0.3) is 10.8 Å². The van der Waals surface area contributed by atoms with Crippen LogP contribution in [0.1, 0.15) is 19.2 Å². The molecule has 0 atom stereocenters. The molecule has 0 N–H and O–H groups in total. The van der Waals surface area contributed by atoms with Crippen LogP contribution in [-0.2, 0) is 11.3 Å². The number of amides is 1. The average molecular weight is 442 g/mol. The summed E-state index contributed by atoms with van der Waals surface area (Å²) in [4.78, 5) is 16.1. The maximum Gasteiger partial charge on any atom is 0.257 e. The van der Waals surface area contributed by atoms with E-state index in [2.05, 4.69) is 10.2 Å². The number of nitrogens with zero attached hydrogens (tertiary/aromatic N) is 3. The summed E-state index contributed by atoms with van der Waals surface area (Å²) in [6.45, 7) is 2.92. The third kappa shape index (κ3) is 5.48. The van der Waals surface area contributed by atoms with Gasteiger partial charge in [-0.1, -0.05) is 36.2 Å². The van der Waals surface area contributed by atoms with E-state index < -0.39 is 0 Å². The Morgan fingerprint density at radius 1 is 1.30 bits per heavy atom. The third-order valence-corrected chi connectivity index (χ3v) is 6.19. The van der Waals surface area contributed by atoms with Gasteiger partial charge in [0, 0.05) is 16.5 Å². The number of aromatic nitrogens is 2. The smallest absolute Gasteiger partial charge is 0.257 e. The second-order valence-corrected chi connectivity index (χ2v) is 8.47. The van der Waals surface area contributed by atoms with Crippen LogP contribution in [0.5, 0.6) is 0 Å². The zero-order valence-electron chi connectivity index (χ0n) is 14.5. The Morgan fingerprint density at radius 2 is 2.15 bits per heavy atom. The van der Waals surface area contributed by atoms with E-state index in [1.807, 2.05) is 24.4 Å². The minimum absolute atomic E-state index is 0.0197. The first-order chi connectivity index (χ1) is 13.1. The highest BCUT2D eigenvalue weighted by atomic mass is 35.5. The second kappa shape index (κ2) is 9.59. The van der Waals surface area contributed by atoms with Crippen molar-refractivity contribution in [3.63, 3.8) is 0 Å². The Kier molecular flexibility index (Phi) is 7.18. The topological polar surface area (TPSA) is 59.2 Å². The van der Waals surface area contributed by atoms with Crippen LogP contribution < -0.4 is 0 Å². The molecule has 0 saturated heterocycles. The molecular weight excluding hydrogens is 425 g/mol. The highest BCUT2D eigenvalue weighted by Crippen LogP contribution is 2.30. The van der Waals surface area contributed by atoms with Gasteiger partial charge >= 0.3 is 0 Å². The summed E-state index contributed by atoms with van der Waals surface area (Å²) in [5.41, 5.74) is 0. The van der Waals surface area contributed by atoms with Crippen molar-refractivity contribution in [1.29, 1.82) is 0 Å². The molecule has 0 aliphatic rings. The molecule has 1 amide bonds. The third-order valence-electron chi connectivity index (χ3n) is 3.62. The summed E-state index contributed by atoms with van der Waals surface area (Å²) in [7, 11) is 0. The summed E-state index contributed by atoms with van der Waals surface area (Å²) in [5, 5.41) is 11.3. The quantitative estimate of drug-likeness (QED) is 0.423. The van der Waals surface area contributed by atoms with E-state index in [1.165, 1.54) is 23.1 Å². The normalized spacial score (nSPS) is 10.9. The number of carbonyl (C=O) groups excluding carboxylic acids is 1. The molecule has 0 spiro atoms. The van der Waals surface area contributed by atoms with E-state index >= 15 is 0 Å². The molecule has 5 nitrogen and oxygen atoms in total. The van der Waals surface area contributed by atoms with Gasteiger partial charge in [-0.05, 0) is 36.1 Å². The zero-order chi connectivity index (χ0) is 19.2. The van der Waals surface area contributed by atoms with Crippen LogP contribution in [0.3, 0.4) is 0 Å². The van der Waals surface area contributed by atoms with Crippen molar-refractivity contribution in [2.75, 3.05) is 12.3 Å². The van der Waals surface area contributed by atoms with Crippen LogP contribution in [0.2, 0.25) is 10.0 Å². The lowest BCUT2D eigenvalue weighted by Crippen LogP contribution is -2.32. The highest BCUT2D eigenvalue weighted by Gasteiger charge is 2.18. The van der Waals surface area contributed by atoms with E-state index in [1.54, 1.807) is 23.1 Å². The Hall–Kier alpha value is -1.54. The molecule has 0 aliphatic heterocycles. The largest absolute Gasteiger partial charge is 0.418 e. The number of rotatable bonds is 8. The number of carbonyl (C=O) groups is 1. The summed E-state index contributed by atoms with van der Waals surface area (Å²) >= 11 is 15.1. The zero-order valence-corrected chi connectivity index (χ0v) is 17.7. The first kappa shape index (κ1) is 20.2. The fourth-order valence-electron chi connectivity index (χ4n) is 2.36. The van der Waals surface area contributed by atoms with Crippen LogP contribution in [-0.4, -0.2) is 33.3 Å². The van der Waals surface area contributed by atoms with Gasteiger partial charge in [-0.3, -0.25) is 4.79 Å². The molecule has 2 heterocycles. The van der Waals surface area contributed by atoms with Gasteiger partial charge in [0.1, 0.15) is 0 Å².